The second-order valence-corrected chi connectivity index (χ2v) is 8.22. The Hall–Kier alpha value is -2.92. The first-order valence-corrected chi connectivity index (χ1v) is 10.8. The van der Waals surface area contributed by atoms with Crippen molar-refractivity contribution in [3.8, 4) is 0 Å². The van der Waals surface area contributed by atoms with Gasteiger partial charge in [-0.25, -0.2) is 0 Å². The molecule has 30 heavy (non-hydrogen) atoms. The molecule has 0 bridgehead atoms. The van der Waals surface area contributed by atoms with Gasteiger partial charge in [-0.1, -0.05) is 60.7 Å². The lowest BCUT2D eigenvalue weighted by molar-refractivity contribution is 0.0782. The molecule has 0 aliphatic carbocycles. The quantitative estimate of drug-likeness (QED) is 0.647. The summed E-state index contributed by atoms with van der Waals surface area (Å²) in [6.45, 7) is 3.73. The topological polar surface area (TPSA) is 52.2 Å². The predicted octanol–water partition coefficient (Wildman–Crippen LogP) is 4.10. The zero-order valence-electron chi connectivity index (χ0n) is 17.6. The number of benzene rings is 2. The van der Waals surface area contributed by atoms with Gasteiger partial charge in [-0.05, 0) is 36.9 Å². The van der Waals surface area contributed by atoms with Crippen molar-refractivity contribution < 1.29 is 4.79 Å². The minimum absolute atomic E-state index is 0.0315. The number of piperidine rings is 1. The van der Waals surface area contributed by atoms with Crippen LogP contribution >= 0.6 is 0 Å². The number of aromatic amines is 1. The molecular formula is C25H30N4O. The van der Waals surface area contributed by atoms with E-state index in [0.29, 0.717) is 18.0 Å². The van der Waals surface area contributed by atoms with Gasteiger partial charge in [0, 0.05) is 32.6 Å². The molecule has 1 amide bonds. The number of amides is 1. The van der Waals surface area contributed by atoms with E-state index in [9.17, 15) is 4.79 Å². The Morgan fingerprint density at radius 2 is 1.80 bits per heavy atom. The van der Waals surface area contributed by atoms with Gasteiger partial charge in [0.15, 0.2) is 0 Å². The Labute approximate surface area is 178 Å². The zero-order chi connectivity index (χ0) is 20.8. The maximum Gasteiger partial charge on any atom is 0.257 e. The number of carbonyl (C=O) groups is 1. The van der Waals surface area contributed by atoms with E-state index in [0.717, 1.165) is 50.2 Å². The largest absolute Gasteiger partial charge is 0.337 e. The molecule has 0 spiro atoms. The molecule has 1 aliphatic heterocycles. The number of nitrogens with zero attached hydrogens (tertiary/aromatic N) is 3. The predicted molar refractivity (Wildman–Crippen MR) is 119 cm³/mol. The molecule has 0 radical (unpaired) electrons. The molecule has 1 N–H and O–H groups in total. The zero-order valence-corrected chi connectivity index (χ0v) is 17.6. The molecule has 156 valence electrons. The Kier molecular flexibility index (Phi) is 6.60. The molecule has 1 saturated heterocycles. The van der Waals surface area contributed by atoms with Crippen LogP contribution in [-0.2, 0) is 13.0 Å². The summed E-state index contributed by atoms with van der Waals surface area (Å²) >= 11 is 0. The molecule has 1 aromatic heterocycles. The van der Waals surface area contributed by atoms with Gasteiger partial charge in [0.1, 0.15) is 0 Å². The van der Waals surface area contributed by atoms with Crippen LogP contribution in [0.5, 0.6) is 0 Å². The number of rotatable bonds is 7. The van der Waals surface area contributed by atoms with Crippen molar-refractivity contribution in [1.82, 2.24) is 20.0 Å². The number of H-pyrrole nitrogens is 1. The third-order valence-electron chi connectivity index (χ3n) is 5.98. The number of likely N-dealkylation sites (tertiary alicyclic amines) is 1. The normalized spacial score (nSPS) is 17.0. The molecule has 0 unspecified atom stereocenters. The summed E-state index contributed by atoms with van der Waals surface area (Å²) in [7, 11) is 1.86. The first-order chi connectivity index (χ1) is 14.7. The van der Waals surface area contributed by atoms with E-state index in [2.05, 4.69) is 45.4 Å². The van der Waals surface area contributed by atoms with Crippen LogP contribution in [0.1, 0.15) is 45.9 Å². The summed E-state index contributed by atoms with van der Waals surface area (Å²) < 4.78 is 0. The molecule has 1 aliphatic rings. The van der Waals surface area contributed by atoms with E-state index in [1.165, 1.54) is 5.56 Å². The smallest absolute Gasteiger partial charge is 0.257 e. The Morgan fingerprint density at radius 3 is 2.53 bits per heavy atom. The highest BCUT2D eigenvalue weighted by Gasteiger charge is 2.27. The van der Waals surface area contributed by atoms with E-state index < -0.39 is 0 Å². The van der Waals surface area contributed by atoms with E-state index in [1.54, 1.807) is 11.1 Å². The highest BCUT2D eigenvalue weighted by molar-refractivity contribution is 5.95. The number of hydrogen-bond acceptors (Lipinski definition) is 3. The number of carbonyl (C=O) groups excluding carboxylic acids is 1. The minimum atomic E-state index is 0.0315. The minimum Gasteiger partial charge on any atom is -0.337 e. The maximum absolute atomic E-state index is 13.1. The van der Waals surface area contributed by atoms with Gasteiger partial charge in [-0.2, -0.15) is 5.10 Å². The fourth-order valence-corrected chi connectivity index (χ4v) is 4.34. The fourth-order valence-electron chi connectivity index (χ4n) is 4.34. The standard InChI is InChI=1S/C25H30N4O/c1-28(18-21-11-6-3-7-12-21)25(30)23-17-26-27-24(23)22-13-8-15-29(19-22)16-14-20-9-4-2-5-10-20/h2-7,9-12,17,22H,8,13-16,18-19H2,1H3,(H,26,27)/t22-/m0/s1. The molecule has 2 heterocycles. The third-order valence-corrected chi connectivity index (χ3v) is 5.98. The van der Waals surface area contributed by atoms with Crippen molar-refractivity contribution in [1.29, 1.82) is 0 Å². The van der Waals surface area contributed by atoms with Crippen LogP contribution in [0.15, 0.2) is 66.9 Å². The summed E-state index contributed by atoms with van der Waals surface area (Å²) in [5, 5.41) is 7.38. The van der Waals surface area contributed by atoms with Crippen LogP contribution in [0.2, 0.25) is 0 Å². The molecule has 1 fully saturated rings. The van der Waals surface area contributed by atoms with Crippen LogP contribution in [0.3, 0.4) is 0 Å². The first kappa shape index (κ1) is 20.4. The van der Waals surface area contributed by atoms with Crippen LogP contribution in [0, 0.1) is 0 Å². The SMILES string of the molecule is CN(Cc1ccccc1)C(=O)c1cn[nH]c1[C@H]1CCCN(CCc2ccccc2)C1. The van der Waals surface area contributed by atoms with Crippen molar-refractivity contribution in [3.05, 3.63) is 89.2 Å². The summed E-state index contributed by atoms with van der Waals surface area (Å²) in [5.74, 6) is 0.352. The van der Waals surface area contributed by atoms with Gasteiger partial charge in [-0.15, -0.1) is 0 Å². The highest BCUT2D eigenvalue weighted by atomic mass is 16.2. The maximum atomic E-state index is 13.1. The average molecular weight is 403 g/mol. The first-order valence-electron chi connectivity index (χ1n) is 10.8. The van der Waals surface area contributed by atoms with E-state index in [4.69, 9.17) is 0 Å². The monoisotopic (exact) mass is 402 g/mol. The number of hydrogen-bond donors (Lipinski definition) is 1. The van der Waals surface area contributed by atoms with E-state index >= 15 is 0 Å². The van der Waals surface area contributed by atoms with Gasteiger partial charge in [0.2, 0.25) is 0 Å². The molecule has 3 aromatic rings. The van der Waals surface area contributed by atoms with Crippen LogP contribution < -0.4 is 0 Å². The molecular weight excluding hydrogens is 372 g/mol. The molecule has 5 heteroatoms. The lowest BCUT2D eigenvalue weighted by atomic mass is 9.92. The van der Waals surface area contributed by atoms with Gasteiger partial charge in [0.05, 0.1) is 17.5 Å². The molecule has 4 rings (SSSR count). The van der Waals surface area contributed by atoms with Gasteiger partial charge < -0.3 is 9.80 Å². The van der Waals surface area contributed by atoms with Gasteiger partial charge in [-0.3, -0.25) is 9.89 Å². The number of nitrogens with one attached hydrogen (secondary N) is 1. The lowest BCUT2D eigenvalue weighted by Gasteiger charge is -2.32. The van der Waals surface area contributed by atoms with Crippen LogP contribution in [0.25, 0.3) is 0 Å². The summed E-state index contributed by atoms with van der Waals surface area (Å²) in [4.78, 5) is 17.4. The summed E-state index contributed by atoms with van der Waals surface area (Å²) in [6, 6.07) is 20.7. The lowest BCUT2D eigenvalue weighted by Crippen LogP contribution is -2.36. The second kappa shape index (κ2) is 9.72. The average Bonchev–Trinajstić information content (AvgIpc) is 3.29. The molecule has 1 atom stereocenters. The van der Waals surface area contributed by atoms with Crippen LogP contribution in [0.4, 0.5) is 0 Å². The van der Waals surface area contributed by atoms with Crippen molar-refractivity contribution in [2.75, 3.05) is 26.7 Å². The fraction of sp³-hybridized carbons (Fsp3) is 0.360. The van der Waals surface area contributed by atoms with Crippen molar-refractivity contribution in [3.63, 3.8) is 0 Å². The van der Waals surface area contributed by atoms with Crippen LogP contribution in [-0.4, -0.2) is 52.6 Å². The summed E-state index contributed by atoms with van der Waals surface area (Å²) in [6.07, 6.45) is 4.99. The Morgan fingerprint density at radius 1 is 1.10 bits per heavy atom. The van der Waals surface area contributed by atoms with Crippen molar-refractivity contribution >= 4 is 5.91 Å². The molecule has 5 nitrogen and oxygen atoms in total. The molecule has 2 aromatic carbocycles. The Balaban J connectivity index is 1.39. The van der Waals surface area contributed by atoms with Crippen molar-refractivity contribution in [2.45, 2.75) is 31.7 Å². The summed E-state index contributed by atoms with van der Waals surface area (Å²) in [5.41, 5.74) is 4.20. The van der Waals surface area contributed by atoms with Gasteiger partial charge in [0.25, 0.3) is 5.91 Å². The third kappa shape index (κ3) is 4.97. The van der Waals surface area contributed by atoms with E-state index in [1.807, 2.05) is 37.4 Å². The Bertz CT molecular complexity index is 938. The van der Waals surface area contributed by atoms with E-state index in [-0.39, 0.29) is 5.91 Å². The number of aromatic nitrogens is 2. The molecule has 0 saturated carbocycles. The van der Waals surface area contributed by atoms with Crippen molar-refractivity contribution in [2.24, 2.45) is 0 Å². The highest BCUT2D eigenvalue weighted by Crippen LogP contribution is 2.28. The second-order valence-electron chi connectivity index (χ2n) is 8.22. The van der Waals surface area contributed by atoms with Gasteiger partial charge >= 0.3 is 0 Å².